The molecule has 2 fully saturated rings. The SMILES string of the molecule is CCC1N(c2ccc(C(F)(F)F)cn2)C(=O)CC12CCN(c1cnc3cnn(CC(F)F)c3n1)CC2. The van der Waals surface area contributed by atoms with Crippen LogP contribution in [0.15, 0.2) is 30.7 Å². The van der Waals surface area contributed by atoms with Crippen LogP contribution in [0.4, 0.5) is 33.6 Å². The quantitative estimate of drug-likeness (QED) is 0.477. The summed E-state index contributed by atoms with van der Waals surface area (Å²) in [5.41, 5.74) is -0.487. The van der Waals surface area contributed by atoms with Crippen LogP contribution in [0.25, 0.3) is 11.2 Å². The Kier molecular flexibility index (Phi) is 6.03. The van der Waals surface area contributed by atoms with Gasteiger partial charge >= 0.3 is 6.18 Å². The molecule has 2 saturated heterocycles. The van der Waals surface area contributed by atoms with Gasteiger partial charge in [0.15, 0.2) is 5.65 Å². The number of alkyl halides is 5. The highest BCUT2D eigenvalue weighted by molar-refractivity contribution is 5.96. The average Bonchev–Trinajstić information content (AvgIpc) is 3.35. The Morgan fingerprint density at radius 2 is 1.83 bits per heavy atom. The van der Waals surface area contributed by atoms with Gasteiger partial charge in [-0.15, -0.1) is 0 Å². The van der Waals surface area contributed by atoms with E-state index in [-0.39, 0.29) is 35.2 Å². The molecule has 0 saturated carbocycles. The minimum atomic E-state index is -4.50. The third-order valence-corrected chi connectivity index (χ3v) is 7.23. The first kappa shape index (κ1) is 24.3. The van der Waals surface area contributed by atoms with E-state index >= 15 is 0 Å². The number of piperidine rings is 1. The summed E-state index contributed by atoms with van der Waals surface area (Å²) in [7, 11) is 0. The molecule has 1 atom stereocenters. The standard InChI is InChI=1S/C23H24F5N7O/c1-2-16-22(9-20(36)35(16)18-4-3-14(10-30-18)23(26,27)28)5-7-33(8-6-22)19-12-29-15-11-31-34(13-17(24)25)21(15)32-19/h3-4,10-12,16-17H,2,5-9,13H2,1H3. The van der Waals surface area contributed by atoms with Gasteiger partial charge in [0.1, 0.15) is 23.7 Å². The molecule has 0 aromatic carbocycles. The van der Waals surface area contributed by atoms with Crippen molar-refractivity contribution in [1.82, 2.24) is 24.7 Å². The molecule has 0 bridgehead atoms. The van der Waals surface area contributed by atoms with E-state index in [0.29, 0.717) is 43.7 Å². The number of aromatic nitrogens is 5. The Morgan fingerprint density at radius 3 is 2.44 bits per heavy atom. The topological polar surface area (TPSA) is 80.0 Å². The monoisotopic (exact) mass is 509 g/mol. The molecule has 3 aromatic rings. The molecular weight excluding hydrogens is 485 g/mol. The Balaban J connectivity index is 1.34. The van der Waals surface area contributed by atoms with Crippen LogP contribution in [0.3, 0.4) is 0 Å². The summed E-state index contributed by atoms with van der Waals surface area (Å²) < 4.78 is 65.7. The van der Waals surface area contributed by atoms with E-state index in [9.17, 15) is 26.7 Å². The first-order chi connectivity index (χ1) is 17.1. The molecule has 192 valence electrons. The molecule has 3 aromatic heterocycles. The predicted molar refractivity (Wildman–Crippen MR) is 121 cm³/mol. The lowest BCUT2D eigenvalue weighted by Crippen LogP contribution is -2.47. The molecule has 1 amide bonds. The molecule has 1 unspecified atom stereocenters. The summed E-state index contributed by atoms with van der Waals surface area (Å²) >= 11 is 0. The number of rotatable bonds is 5. The van der Waals surface area contributed by atoms with Gasteiger partial charge in [0.25, 0.3) is 6.43 Å². The van der Waals surface area contributed by atoms with Crippen molar-refractivity contribution in [3.8, 4) is 0 Å². The van der Waals surface area contributed by atoms with Crippen LogP contribution < -0.4 is 9.80 Å². The number of halogens is 5. The number of amides is 1. The average molecular weight is 509 g/mol. The fourth-order valence-electron chi connectivity index (χ4n) is 5.50. The maximum atomic E-state index is 13.0. The lowest BCUT2D eigenvalue weighted by Gasteiger charge is -2.43. The number of fused-ring (bicyclic) bond motifs is 1. The van der Waals surface area contributed by atoms with Gasteiger partial charge in [0.05, 0.1) is 18.0 Å². The van der Waals surface area contributed by atoms with Crippen LogP contribution in [0.2, 0.25) is 0 Å². The fraction of sp³-hybridized carbons (Fsp3) is 0.522. The van der Waals surface area contributed by atoms with Crippen LogP contribution in [0.1, 0.15) is 38.2 Å². The zero-order valence-electron chi connectivity index (χ0n) is 19.4. The van der Waals surface area contributed by atoms with E-state index in [1.807, 2.05) is 11.8 Å². The molecule has 0 radical (unpaired) electrons. The molecule has 2 aliphatic heterocycles. The molecule has 2 aliphatic rings. The fourth-order valence-corrected chi connectivity index (χ4v) is 5.50. The van der Waals surface area contributed by atoms with Crippen molar-refractivity contribution in [1.29, 1.82) is 0 Å². The second kappa shape index (κ2) is 8.93. The highest BCUT2D eigenvalue weighted by Crippen LogP contribution is 2.49. The van der Waals surface area contributed by atoms with Crippen molar-refractivity contribution in [2.45, 2.75) is 57.8 Å². The number of pyridine rings is 1. The zero-order chi connectivity index (χ0) is 25.7. The number of hydrogen-bond donors (Lipinski definition) is 0. The second-order valence-electron chi connectivity index (χ2n) is 9.27. The predicted octanol–water partition coefficient (Wildman–Crippen LogP) is 4.31. The molecular formula is C23H24F5N7O. The number of carbonyl (C=O) groups is 1. The maximum absolute atomic E-state index is 13.0. The van der Waals surface area contributed by atoms with Crippen LogP contribution in [-0.2, 0) is 17.5 Å². The molecule has 0 N–H and O–H groups in total. The minimum absolute atomic E-state index is 0.153. The van der Waals surface area contributed by atoms with Crippen LogP contribution in [0.5, 0.6) is 0 Å². The molecule has 5 rings (SSSR count). The van der Waals surface area contributed by atoms with Crippen LogP contribution in [-0.4, -0.2) is 56.2 Å². The van der Waals surface area contributed by atoms with Gasteiger partial charge in [0, 0.05) is 37.2 Å². The summed E-state index contributed by atoms with van der Waals surface area (Å²) in [6, 6.07) is 2.01. The molecule has 0 aliphatic carbocycles. The second-order valence-corrected chi connectivity index (χ2v) is 9.27. The smallest absolute Gasteiger partial charge is 0.355 e. The summed E-state index contributed by atoms with van der Waals surface area (Å²) in [6.07, 6.45) is -1.08. The first-order valence-corrected chi connectivity index (χ1v) is 11.7. The number of carbonyl (C=O) groups excluding carboxylic acids is 1. The Morgan fingerprint density at radius 1 is 1.08 bits per heavy atom. The normalized spacial score (nSPS) is 20.3. The van der Waals surface area contributed by atoms with Gasteiger partial charge in [-0.2, -0.15) is 18.3 Å². The van der Waals surface area contributed by atoms with Crippen molar-refractivity contribution in [2.75, 3.05) is 22.9 Å². The third kappa shape index (κ3) is 4.24. The summed E-state index contributed by atoms with van der Waals surface area (Å²) in [6.45, 7) is 2.53. The Labute approximate surface area is 203 Å². The van der Waals surface area contributed by atoms with E-state index in [4.69, 9.17) is 0 Å². The van der Waals surface area contributed by atoms with Crippen LogP contribution >= 0.6 is 0 Å². The van der Waals surface area contributed by atoms with E-state index in [0.717, 1.165) is 16.9 Å². The van der Waals surface area contributed by atoms with E-state index in [1.165, 1.54) is 12.3 Å². The van der Waals surface area contributed by atoms with E-state index in [2.05, 4.69) is 20.1 Å². The van der Waals surface area contributed by atoms with Gasteiger partial charge in [-0.1, -0.05) is 6.92 Å². The van der Waals surface area contributed by atoms with Gasteiger partial charge < -0.3 is 4.90 Å². The van der Waals surface area contributed by atoms with Crippen molar-refractivity contribution in [3.63, 3.8) is 0 Å². The third-order valence-electron chi connectivity index (χ3n) is 7.23. The highest BCUT2D eigenvalue weighted by atomic mass is 19.4. The van der Waals surface area contributed by atoms with Crippen molar-refractivity contribution < 1.29 is 26.7 Å². The summed E-state index contributed by atoms with van der Waals surface area (Å²) in [5, 5.41) is 3.95. The molecule has 8 nitrogen and oxygen atoms in total. The number of nitrogens with zero attached hydrogens (tertiary/aromatic N) is 7. The van der Waals surface area contributed by atoms with Gasteiger partial charge in [0.2, 0.25) is 5.91 Å². The largest absolute Gasteiger partial charge is 0.417 e. The van der Waals surface area contributed by atoms with E-state index in [1.54, 1.807) is 11.1 Å². The summed E-state index contributed by atoms with van der Waals surface area (Å²) in [4.78, 5) is 29.4. The summed E-state index contributed by atoms with van der Waals surface area (Å²) in [5.74, 6) is 0.620. The molecule has 36 heavy (non-hydrogen) atoms. The zero-order valence-corrected chi connectivity index (χ0v) is 19.4. The van der Waals surface area contributed by atoms with Crippen molar-refractivity contribution >= 4 is 28.7 Å². The van der Waals surface area contributed by atoms with Gasteiger partial charge in [-0.05, 0) is 31.4 Å². The number of anilines is 2. The molecule has 13 heteroatoms. The maximum Gasteiger partial charge on any atom is 0.417 e. The van der Waals surface area contributed by atoms with Crippen molar-refractivity contribution in [2.24, 2.45) is 5.41 Å². The Bertz CT molecular complexity index is 1250. The highest BCUT2D eigenvalue weighted by Gasteiger charge is 2.52. The van der Waals surface area contributed by atoms with Crippen molar-refractivity contribution in [3.05, 3.63) is 36.3 Å². The lowest BCUT2D eigenvalue weighted by atomic mass is 9.71. The van der Waals surface area contributed by atoms with Gasteiger partial charge in [-0.3, -0.25) is 9.69 Å². The number of hydrogen-bond acceptors (Lipinski definition) is 6. The van der Waals surface area contributed by atoms with Crippen LogP contribution in [0, 0.1) is 5.41 Å². The molecule has 5 heterocycles. The molecule has 1 spiro atoms. The minimum Gasteiger partial charge on any atom is -0.355 e. The Hall–Kier alpha value is -3.38. The van der Waals surface area contributed by atoms with E-state index < -0.39 is 24.7 Å². The van der Waals surface area contributed by atoms with Gasteiger partial charge in [-0.25, -0.2) is 28.4 Å². The lowest BCUT2D eigenvalue weighted by molar-refractivity contribution is -0.137. The first-order valence-electron chi connectivity index (χ1n) is 11.7.